The van der Waals surface area contributed by atoms with Crippen molar-refractivity contribution in [2.24, 2.45) is 0 Å². The molecular formula is C21H17N5O2. The van der Waals surface area contributed by atoms with Crippen LogP contribution in [0.3, 0.4) is 0 Å². The predicted molar refractivity (Wildman–Crippen MR) is 102 cm³/mol. The SMILES string of the molecule is O=C(NO)c1cccc(C2(c3nccc(-c4cnc5ccccn45)n3)CC2)c1. The third-order valence-electron chi connectivity index (χ3n) is 5.29. The van der Waals surface area contributed by atoms with Crippen LogP contribution in [0.2, 0.25) is 0 Å². The average Bonchev–Trinajstić information content (AvgIpc) is 3.46. The Kier molecular flexibility index (Phi) is 3.70. The van der Waals surface area contributed by atoms with Gasteiger partial charge in [-0.05, 0) is 48.7 Å². The lowest BCUT2D eigenvalue weighted by molar-refractivity contribution is 0.0706. The average molecular weight is 371 g/mol. The van der Waals surface area contributed by atoms with Gasteiger partial charge in [-0.25, -0.2) is 20.4 Å². The smallest absolute Gasteiger partial charge is 0.274 e. The number of amides is 1. The van der Waals surface area contributed by atoms with E-state index in [4.69, 9.17) is 10.2 Å². The van der Waals surface area contributed by atoms with E-state index in [2.05, 4.69) is 9.97 Å². The number of hydroxylamine groups is 1. The summed E-state index contributed by atoms with van der Waals surface area (Å²) >= 11 is 0. The maximum atomic E-state index is 11.8. The fraction of sp³-hybridized carbons (Fsp3) is 0.143. The Labute approximate surface area is 160 Å². The Morgan fingerprint density at radius 1 is 1.11 bits per heavy atom. The van der Waals surface area contributed by atoms with Crippen LogP contribution in [0.15, 0.2) is 67.1 Å². The zero-order valence-corrected chi connectivity index (χ0v) is 14.9. The third kappa shape index (κ3) is 2.56. The molecule has 1 fully saturated rings. The highest BCUT2D eigenvalue weighted by Gasteiger charge is 2.49. The second-order valence-electron chi connectivity index (χ2n) is 6.94. The lowest BCUT2D eigenvalue weighted by atomic mass is 9.93. The van der Waals surface area contributed by atoms with Crippen LogP contribution in [0.4, 0.5) is 0 Å². The van der Waals surface area contributed by atoms with Crippen molar-refractivity contribution < 1.29 is 10.0 Å². The standard InChI is InChI=1S/C21H17N5O2/c27-19(25-28)14-4-3-5-15(12-14)21(8-9-21)20-22-10-7-16(24-20)17-13-23-18-6-1-2-11-26(17)18/h1-7,10-13,28H,8-9H2,(H,25,27). The summed E-state index contributed by atoms with van der Waals surface area (Å²) in [5.41, 5.74) is 5.34. The van der Waals surface area contributed by atoms with E-state index in [1.807, 2.05) is 53.2 Å². The molecule has 7 nitrogen and oxygen atoms in total. The predicted octanol–water partition coefficient (Wildman–Crippen LogP) is 2.99. The van der Waals surface area contributed by atoms with Gasteiger partial charge in [-0.2, -0.15) is 0 Å². The Morgan fingerprint density at radius 3 is 2.82 bits per heavy atom. The lowest BCUT2D eigenvalue weighted by Crippen LogP contribution is -2.20. The van der Waals surface area contributed by atoms with Crippen LogP contribution in [0, 0.1) is 0 Å². The zero-order valence-electron chi connectivity index (χ0n) is 14.9. The molecule has 0 bridgehead atoms. The first-order valence-electron chi connectivity index (χ1n) is 9.02. The molecule has 1 aliphatic rings. The van der Waals surface area contributed by atoms with Gasteiger partial charge in [-0.15, -0.1) is 0 Å². The Bertz CT molecular complexity index is 1200. The van der Waals surface area contributed by atoms with Crippen LogP contribution in [0.5, 0.6) is 0 Å². The van der Waals surface area contributed by atoms with E-state index in [0.717, 1.165) is 41.3 Å². The van der Waals surface area contributed by atoms with E-state index < -0.39 is 5.91 Å². The van der Waals surface area contributed by atoms with Gasteiger partial charge in [0.2, 0.25) is 0 Å². The molecule has 0 saturated heterocycles. The summed E-state index contributed by atoms with van der Waals surface area (Å²) in [6.45, 7) is 0. The molecule has 7 heteroatoms. The summed E-state index contributed by atoms with van der Waals surface area (Å²) in [7, 11) is 0. The molecule has 1 aliphatic carbocycles. The van der Waals surface area contributed by atoms with E-state index in [-0.39, 0.29) is 5.41 Å². The number of rotatable bonds is 4. The highest BCUT2D eigenvalue weighted by atomic mass is 16.5. The van der Waals surface area contributed by atoms with Gasteiger partial charge in [0, 0.05) is 18.0 Å². The molecule has 1 amide bonds. The van der Waals surface area contributed by atoms with E-state index in [9.17, 15) is 4.79 Å². The molecule has 3 heterocycles. The van der Waals surface area contributed by atoms with Gasteiger partial charge in [0.1, 0.15) is 11.5 Å². The maximum Gasteiger partial charge on any atom is 0.274 e. The van der Waals surface area contributed by atoms with Crippen LogP contribution in [-0.4, -0.2) is 30.5 Å². The van der Waals surface area contributed by atoms with E-state index in [1.165, 1.54) is 0 Å². The Morgan fingerprint density at radius 2 is 2.00 bits per heavy atom. The number of pyridine rings is 1. The van der Waals surface area contributed by atoms with Gasteiger partial charge in [0.05, 0.1) is 23.0 Å². The van der Waals surface area contributed by atoms with Crippen LogP contribution >= 0.6 is 0 Å². The van der Waals surface area contributed by atoms with Crippen molar-refractivity contribution in [1.29, 1.82) is 0 Å². The number of imidazole rings is 1. The number of fused-ring (bicyclic) bond motifs is 1. The van der Waals surface area contributed by atoms with Gasteiger partial charge >= 0.3 is 0 Å². The summed E-state index contributed by atoms with van der Waals surface area (Å²) in [6, 6.07) is 15.0. The molecule has 5 rings (SSSR count). The zero-order chi connectivity index (χ0) is 19.1. The van der Waals surface area contributed by atoms with E-state index in [1.54, 1.807) is 23.8 Å². The highest BCUT2D eigenvalue weighted by Crippen LogP contribution is 2.52. The van der Waals surface area contributed by atoms with Crippen LogP contribution in [-0.2, 0) is 5.41 Å². The minimum Gasteiger partial charge on any atom is -0.298 e. The molecule has 0 atom stereocenters. The van der Waals surface area contributed by atoms with E-state index >= 15 is 0 Å². The Hall–Kier alpha value is -3.58. The number of hydrogen-bond donors (Lipinski definition) is 2. The first kappa shape index (κ1) is 16.6. The highest BCUT2D eigenvalue weighted by molar-refractivity contribution is 5.93. The number of aromatic nitrogens is 4. The van der Waals surface area contributed by atoms with Gasteiger partial charge in [-0.3, -0.25) is 14.4 Å². The summed E-state index contributed by atoms with van der Waals surface area (Å²) in [5, 5.41) is 8.91. The van der Waals surface area contributed by atoms with Crippen molar-refractivity contribution in [3.63, 3.8) is 0 Å². The molecule has 0 aliphatic heterocycles. The van der Waals surface area contributed by atoms with Crippen molar-refractivity contribution in [2.45, 2.75) is 18.3 Å². The number of carbonyl (C=O) groups is 1. The lowest BCUT2D eigenvalue weighted by Gasteiger charge is -2.16. The van der Waals surface area contributed by atoms with Crippen LogP contribution in [0.25, 0.3) is 17.0 Å². The van der Waals surface area contributed by atoms with Crippen molar-refractivity contribution in [3.8, 4) is 11.4 Å². The second kappa shape index (κ2) is 6.24. The monoisotopic (exact) mass is 371 g/mol. The van der Waals surface area contributed by atoms with Crippen molar-refractivity contribution in [2.75, 3.05) is 0 Å². The van der Waals surface area contributed by atoms with Gasteiger partial charge in [0.25, 0.3) is 5.91 Å². The molecule has 2 N–H and O–H groups in total. The topological polar surface area (TPSA) is 92.4 Å². The molecule has 0 radical (unpaired) electrons. The van der Waals surface area contributed by atoms with Gasteiger partial charge in [-0.1, -0.05) is 18.2 Å². The molecule has 4 aromatic rings. The summed E-state index contributed by atoms with van der Waals surface area (Å²) < 4.78 is 2.00. The summed E-state index contributed by atoms with van der Waals surface area (Å²) in [5.74, 6) is 0.204. The quantitative estimate of drug-likeness (QED) is 0.425. The molecule has 0 unspecified atom stereocenters. The number of nitrogens with one attached hydrogen (secondary N) is 1. The fourth-order valence-electron chi connectivity index (χ4n) is 3.64. The van der Waals surface area contributed by atoms with Crippen LogP contribution in [0.1, 0.15) is 34.6 Å². The van der Waals surface area contributed by atoms with E-state index in [0.29, 0.717) is 5.56 Å². The summed E-state index contributed by atoms with van der Waals surface area (Å²) in [6.07, 6.45) is 7.36. The number of carbonyl (C=O) groups excluding carboxylic acids is 1. The first-order valence-corrected chi connectivity index (χ1v) is 9.02. The molecule has 1 aromatic carbocycles. The molecule has 0 spiro atoms. The molecule has 138 valence electrons. The normalized spacial score (nSPS) is 14.8. The second-order valence-corrected chi connectivity index (χ2v) is 6.94. The van der Waals surface area contributed by atoms with Crippen molar-refractivity contribution >= 4 is 11.6 Å². The number of benzene rings is 1. The minimum absolute atomic E-state index is 0.303. The van der Waals surface area contributed by atoms with Crippen molar-refractivity contribution in [1.82, 2.24) is 24.8 Å². The molecule has 3 aromatic heterocycles. The summed E-state index contributed by atoms with van der Waals surface area (Å²) in [4.78, 5) is 25.6. The molecule has 28 heavy (non-hydrogen) atoms. The maximum absolute atomic E-state index is 11.8. The van der Waals surface area contributed by atoms with Gasteiger partial charge < -0.3 is 0 Å². The fourth-order valence-corrected chi connectivity index (χ4v) is 3.64. The Balaban J connectivity index is 1.57. The molecular weight excluding hydrogens is 354 g/mol. The van der Waals surface area contributed by atoms with Crippen molar-refractivity contribution in [3.05, 3.63) is 84.1 Å². The van der Waals surface area contributed by atoms with Gasteiger partial charge in [0.15, 0.2) is 0 Å². The number of nitrogens with zero attached hydrogens (tertiary/aromatic N) is 4. The minimum atomic E-state index is -0.530. The third-order valence-corrected chi connectivity index (χ3v) is 5.29. The molecule has 1 saturated carbocycles. The first-order chi connectivity index (χ1) is 13.7. The number of hydrogen-bond acceptors (Lipinski definition) is 5. The van der Waals surface area contributed by atoms with Crippen LogP contribution < -0.4 is 5.48 Å². The largest absolute Gasteiger partial charge is 0.298 e.